The van der Waals surface area contributed by atoms with Crippen LogP contribution >= 0.6 is 0 Å². The first-order valence-corrected chi connectivity index (χ1v) is 5.92. The summed E-state index contributed by atoms with van der Waals surface area (Å²) in [6.07, 6.45) is 7.11. The highest BCUT2D eigenvalue weighted by atomic mass is 16.6. The molecule has 1 N–H and O–H groups in total. The summed E-state index contributed by atoms with van der Waals surface area (Å²) in [7, 11) is 0. The van der Waals surface area contributed by atoms with E-state index in [9.17, 15) is 10.1 Å². The van der Waals surface area contributed by atoms with Gasteiger partial charge in [0.1, 0.15) is 0 Å². The van der Waals surface area contributed by atoms with Crippen molar-refractivity contribution in [3.63, 3.8) is 0 Å². The average molecular weight is 232 g/mol. The Morgan fingerprint density at radius 3 is 2.65 bits per heavy atom. The number of allylic oxidation sites excluding steroid dienone is 1. The van der Waals surface area contributed by atoms with Crippen molar-refractivity contribution in [2.75, 3.05) is 11.9 Å². The molecule has 90 valence electrons. The number of non-ortho nitro benzene ring substituents is 1. The lowest BCUT2D eigenvalue weighted by Crippen LogP contribution is -2.02. The first-order chi connectivity index (χ1) is 8.25. The first kappa shape index (κ1) is 11.6. The van der Waals surface area contributed by atoms with E-state index in [0.29, 0.717) is 0 Å². The Morgan fingerprint density at radius 1 is 1.29 bits per heavy atom. The largest absolute Gasteiger partial charge is 0.385 e. The zero-order chi connectivity index (χ0) is 12.1. The molecule has 1 aromatic carbocycles. The molecule has 0 fully saturated rings. The minimum Gasteiger partial charge on any atom is -0.385 e. The average Bonchev–Trinajstić information content (AvgIpc) is 2.83. The van der Waals surface area contributed by atoms with Gasteiger partial charge < -0.3 is 5.32 Å². The molecule has 1 aromatic rings. The van der Waals surface area contributed by atoms with Crippen LogP contribution in [0.25, 0.3) is 0 Å². The van der Waals surface area contributed by atoms with Crippen molar-refractivity contribution in [1.29, 1.82) is 0 Å². The molecule has 0 aliphatic heterocycles. The van der Waals surface area contributed by atoms with E-state index in [1.165, 1.54) is 37.0 Å². The molecule has 0 spiro atoms. The van der Waals surface area contributed by atoms with E-state index in [-0.39, 0.29) is 10.6 Å². The highest BCUT2D eigenvalue weighted by Crippen LogP contribution is 2.21. The number of hydrogen-bond donors (Lipinski definition) is 1. The quantitative estimate of drug-likeness (QED) is 0.480. The zero-order valence-corrected chi connectivity index (χ0v) is 9.69. The van der Waals surface area contributed by atoms with E-state index in [0.717, 1.165) is 18.7 Å². The van der Waals surface area contributed by atoms with Gasteiger partial charge in [-0.1, -0.05) is 11.6 Å². The number of benzene rings is 1. The highest BCUT2D eigenvalue weighted by Gasteiger charge is 2.05. The number of nitro groups is 1. The van der Waals surface area contributed by atoms with Gasteiger partial charge in [0.05, 0.1) is 4.92 Å². The summed E-state index contributed by atoms with van der Waals surface area (Å²) in [5.41, 5.74) is 2.60. The maximum Gasteiger partial charge on any atom is 0.269 e. The van der Waals surface area contributed by atoms with E-state index in [4.69, 9.17) is 0 Å². The summed E-state index contributed by atoms with van der Waals surface area (Å²) in [5.74, 6) is 0. The van der Waals surface area contributed by atoms with Crippen molar-refractivity contribution in [2.24, 2.45) is 0 Å². The van der Waals surface area contributed by atoms with Gasteiger partial charge in [-0.25, -0.2) is 0 Å². The molecule has 0 bridgehead atoms. The van der Waals surface area contributed by atoms with E-state index < -0.39 is 0 Å². The Bertz CT molecular complexity index is 424. The predicted octanol–water partition coefficient (Wildman–Crippen LogP) is 3.51. The van der Waals surface area contributed by atoms with Gasteiger partial charge in [-0.2, -0.15) is 0 Å². The number of nitrogens with zero attached hydrogens (tertiary/aromatic N) is 1. The molecule has 1 aliphatic carbocycles. The van der Waals surface area contributed by atoms with E-state index in [1.54, 1.807) is 12.1 Å². The second kappa shape index (κ2) is 5.48. The summed E-state index contributed by atoms with van der Waals surface area (Å²) in [6.45, 7) is 0.893. The van der Waals surface area contributed by atoms with Gasteiger partial charge in [0.15, 0.2) is 0 Å². The van der Waals surface area contributed by atoms with Crippen LogP contribution in [0.5, 0.6) is 0 Å². The molecule has 1 aliphatic rings. The van der Waals surface area contributed by atoms with Gasteiger partial charge in [-0.3, -0.25) is 10.1 Å². The van der Waals surface area contributed by atoms with Crippen LogP contribution in [-0.2, 0) is 0 Å². The molecule has 4 nitrogen and oxygen atoms in total. The van der Waals surface area contributed by atoms with Crippen molar-refractivity contribution < 1.29 is 4.92 Å². The lowest BCUT2D eigenvalue weighted by molar-refractivity contribution is -0.384. The van der Waals surface area contributed by atoms with Gasteiger partial charge in [-0.05, 0) is 37.8 Å². The van der Waals surface area contributed by atoms with Crippen molar-refractivity contribution in [3.05, 3.63) is 46.0 Å². The molecular formula is C13H16N2O2. The van der Waals surface area contributed by atoms with Crippen molar-refractivity contribution in [2.45, 2.75) is 25.7 Å². The molecule has 0 aromatic heterocycles. The zero-order valence-electron chi connectivity index (χ0n) is 9.69. The van der Waals surface area contributed by atoms with Crippen LogP contribution in [0.4, 0.5) is 11.4 Å². The number of anilines is 1. The van der Waals surface area contributed by atoms with Crippen molar-refractivity contribution in [3.8, 4) is 0 Å². The molecule has 0 atom stereocenters. The van der Waals surface area contributed by atoms with Gasteiger partial charge in [0, 0.05) is 24.4 Å². The van der Waals surface area contributed by atoms with Crippen LogP contribution in [-0.4, -0.2) is 11.5 Å². The number of nitrogens with one attached hydrogen (secondary N) is 1. The fraction of sp³-hybridized carbons (Fsp3) is 0.385. The molecule has 4 heteroatoms. The van der Waals surface area contributed by atoms with Crippen LogP contribution in [0, 0.1) is 10.1 Å². The normalized spacial score (nSPS) is 14.5. The van der Waals surface area contributed by atoms with E-state index >= 15 is 0 Å². The predicted molar refractivity (Wildman–Crippen MR) is 68.1 cm³/mol. The van der Waals surface area contributed by atoms with Gasteiger partial charge >= 0.3 is 0 Å². The van der Waals surface area contributed by atoms with E-state index in [2.05, 4.69) is 11.4 Å². The van der Waals surface area contributed by atoms with Crippen molar-refractivity contribution in [1.82, 2.24) is 0 Å². The van der Waals surface area contributed by atoms with Gasteiger partial charge in [-0.15, -0.1) is 0 Å². The Labute approximate surface area is 100 Å². The fourth-order valence-corrected chi connectivity index (χ4v) is 2.03. The third-order valence-electron chi connectivity index (χ3n) is 2.99. The summed E-state index contributed by atoms with van der Waals surface area (Å²) in [6, 6.07) is 6.55. The smallest absolute Gasteiger partial charge is 0.269 e. The minimum absolute atomic E-state index is 0.133. The Balaban J connectivity index is 1.80. The van der Waals surface area contributed by atoms with Crippen LogP contribution in [0.15, 0.2) is 35.9 Å². The van der Waals surface area contributed by atoms with E-state index in [1.807, 2.05) is 0 Å². The maximum absolute atomic E-state index is 10.5. The summed E-state index contributed by atoms with van der Waals surface area (Å²) >= 11 is 0. The first-order valence-electron chi connectivity index (χ1n) is 5.92. The molecule has 0 saturated carbocycles. The van der Waals surface area contributed by atoms with Gasteiger partial charge in [0.25, 0.3) is 5.69 Å². The molecule has 0 unspecified atom stereocenters. The molecule has 2 rings (SSSR count). The second-order valence-corrected chi connectivity index (χ2v) is 4.24. The highest BCUT2D eigenvalue weighted by molar-refractivity contribution is 5.48. The van der Waals surface area contributed by atoms with Crippen LogP contribution in [0.2, 0.25) is 0 Å². The Morgan fingerprint density at radius 2 is 2.06 bits per heavy atom. The van der Waals surface area contributed by atoms with Crippen molar-refractivity contribution >= 4 is 11.4 Å². The van der Waals surface area contributed by atoms with Crippen LogP contribution < -0.4 is 5.32 Å². The third-order valence-corrected chi connectivity index (χ3v) is 2.99. The van der Waals surface area contributed by atoms with Crippen LogP contribution in [0.1, 0.15) is 25.7 Å². The summed E-state index contributed by atoms with van der Waals surface area (Å²) < 4.78 is 0. The second-order valence-electron chi connectivity index (χ2n) is 4.24. The monoisotopic (exact) mass is 232 g/mol. The van der Waals surface area contributed by atoms with Gasteiger partial charge in [0.2, 0.25) is 0 Å². The van der Waals surface area contributed by atoms with Crippen LogP contribution in [0.3, 0.4) is 0 Å². The maximum atomic E-state index is 10.5. The topological polar surface area (TPSA) is 55.2 Å². The summed E-state index contributed by atoms with van der Waals surface area (Å²) in [5, 5.41) is 13.8. The molecule has 0 radical (unpaired) electrons. The number of rotatable bonds is 5. The minimum atomic E-state index is -0.382. The standard InChI is InChI=1S/C13H16N2O2/c16-15(17)13-7-5-12(6-8-13)14-10-9-11-3-1-2-4-11/h3,5-8,14H,1-2,4,9-10H2. The fourth-order valence-electron chi connectivity index (χ4n) is 2.03. The molecule has 0 amide bonds. The molecule has 0 heterocycles. The third kappa shape index (κ3) is 3.31. The SMILES string of the molecule is O=[N+]([O-])c1ccc(NCCC2=CCCC2)cc1. The lowest BCUT2D eigenvalue weighted by atomic mass is 10.1. The summed E-state index contributed by atoms with van der Waals surface area (Å²) in [4.78, 5) is 10.1. The molecular weight excluding hydrogens is 216 g/mol. The Hall–Kier alpha value is -1.84. The number of hydrogen-bond acceptors (Lipinski definition) is 3. The Kier molecular flexibility index (Phi) is 3.75. The molecule has 0 saturated heterocycles. The number of nitro benzene ring substituents is 1. The molecule has 17 heavy (non-hydrogen) atoms. The lowest BCUT2D eigenvalue weighted by Gasteiger charge is -2.06.